The van der Waals surface area contributed by atoms with Gasteiger partial charge >= 0.3 is 0 Å². The number of phenolic OH excluding ortho intramolecular Hbond substituents is 1. The molecule has 2 aromatic heterocycles. The second-order valence-corrected chi connectivity index (χ2v) is 9.23. The topological polar surface area (TPSA) is 134 Å². The number of rotatable bonds is 6. The molecule has 0 bridgehead atoms. The van der Waals surface area contributed by atoms with Crippen molar-refractivity contribution in [3.8, 4) is 17.1 Å². The lowest BCUT2D eigenvalue weighted by molar-refractivity contribution is -0.122. The van der Waals surface area contributed by atoms with Crippen molar-refractivity contribution in [2.75, 3.05) is 23.3 Å². The lowest BCUT2D eigenvalue weighted by Gasteiger charge is -2.18. The number of benzene rings is 2. The lowest BCUT2D eigenvalue weighted by atomic mass is 9.86. The highest BCUT2D eigenvalue weighted by atomic mass is 16.3. The molecule has 0 fully saturated rings. The summed E-state index contributed by atoms with van der Waals surface area (Å²) in [5.74, 6) is 0.505. The number of nitrogens with zero attached hydrogens (tertiary/aromatic N) is 2. The van der Waals surface area contributed by atoms with Crippen molar-refractivity contribution in [1.29, 1.82) is 0 Å². The van der Waals surface area contributed by atoms with Gasteiger partial charge in [-0.2, -0.15) is 0 Å². The molecule has 0 spiro atoms. The van der Waals surface area contributed by atoms with Gasteiger partial charge in [0, 0.05) is 19.3 Å². The minimum atomic E-state index is -0.896. The van der Waals surface area contributed by atoms with Crippen LogP contribution in [-0.2, 0) is 10.2 Å². The van der Waals surface area contributed by atoms with Gasteiger partial charge in [0.1, 0.15) is 17.1 Å². The van der Waals surface area contributed by atoms with E-state index in [4.69, 9.17) is 0 Å². The van der Waals surface area contributed by atoms with Crippen LogP contribution in [0.4, 0.5) is 11.4 Å². The number of H-pyrrole nitrogens is 2. The molecule has 4 aromatic rings. The van der Waals surface area contributed by atoms with Crippen LogP contribution in [0.1, 0.15) is 38.0 Å². The molecule has 180 valence electrons. The molecule has 0 saturated heterocycles. The van der Waals surface area contributed by atoms with E-state index in [1.54, 1.807) is 23.1 Å². The fourth-order valence-corrected chi connectivity index (χ4v) is 4.68. The Morgan fingerprint density at radius 2 is 1.97 bits per heavy atom. The van der Waals surface area contributed by atoms with Crippen molar-refractivity contribution in [3.05, 3.63) is 70.1 Å². The van der Waals surface area contributed by atoms with Crippen molar-refractivity contribution in [1.82, 2.24) is 15.0 Å². The summed E-state index contributed by atoms with van der Waals surface area (Å²) in [6, 6.07) is 11.9. The quantitative estimate of drug-likeness (QED) is 0.291. The van der Waals surface area contributed by atoms with E-state index in [1.165, 1.54) is 18.3 Å². The molecular weight excluding hydrogens is 446 g/mol. The van der Waals surface area contributed by atoms with Crippen molar-refractivity contribution >= 4 is 28.3 Å². The monoisotopic (exact) mass is 473 g/mol. The van der Waals surface area contributed by atoms with E-state index in [0.29, 0.717) is 34.7 Å². The maximum absolute atomic E-state index is 12.8. The number of nitrogens with one attached hydrogen (secondary N) is 3. The zero-order valence-corrected chi connectivity index (χ0v) is 19.7. The van der Waals surface area contributed by atoms with E-state index < -0.39 is 11.5 Å². The number of anilines is 2. The van der Waals surface area contributed by atoms with Crippen LogP contribution in [0.15, 0.2) is 53.5 Å². The number of carbonyl (C=O) groups excluding carboxylic acids is 1. The molecular formula is C26H27N5O4. The van der Waals surface area contributed by atoms with Crippen molar-refractivity contribution in [2.45, 2.75) is 32.3 Å². The number of likely N-dealkylation sites (N-methyl/N-ethyl adjacent to an activating group) is 1. The Morgan fingerprint density at radius 3 is 2.71 bits per heavy atom. The molecule has 1 aliphatic rings. The number of amides is 1. The number of phenols is 1. The van der Waals surface area contributed by atoms with Crippen molar-refractivity contribution in [2.24, 2.45) is 0 Å². The number of hydrogen-bond acceptors (Lipinski definition) is 6. The van der Waals surface area contributed by atoms with Crippen LogP contribution in [0.5, 0.6) is 5.75 Å². The summed E-state index contributed by atoms with van der Waals surface area (Å²) in [7, 11) is 0. The summed E-state index contributed by atoms with van der Waals surface area (Å²) < 4.78 is 0. The van der Waals surface area contributed by atoms with Crippen molar-refractivity contribution in [3.63, 3.8) is 0 Å². The zero-order chi connectivity index (χ0) is 24.9. The first-order valence-electron chi connectivity index (χ1n) is 11.5. The molecule has 3 heterocycles. The Kier molecular flexibility index (Phi) is 5.36. The molecule has 0 radical (unpaired) electrons. The Hall–Kier alpha value is -4.11. The van der Waals surface area contributed by atoms with Gasteiger partial charge in [0.25, 0.3) is 5.56 Å². The fourth-order valence-electron chi connectivity index (χ4n) is 4.68. The number of hydrogen-bond donors (Lipinski definition) is 5. The summed E-state index contributed by atoms with van der Waals surface area (Å²) in [5.41, 5.74) is 3.52. The summed E-state index contributed by atoms with van der Waals surface area (Å²) >= 11 is 0. The number of pyridine rings is 1. The van der Waals surface area contributed by atoms with Crippen LogP contribution < -0.4 is 15.8 Å². The van der Waals surface area contributed by atoms with Gasteiger partial charge < -0.3 is 30.4 Å². The maximum Gasteiger partial charge on any atom is 0.261 e. The van der Waals surface area contributed by atoms with Gasteiger partial charge in [-0.25, -0.2) is 4.98 Å². The van der Waals surface area contributed by atoms with Gasteiger partial charge in [-0.1, -0.05) is 12.1 Å². The normalized spacial score (nSPS) is 15.4. The van der Waals surface area contributed by atoms with Crippen LogP contribution in [0.3, 0.4) is 0 Å². The number of aromatic hydroxyl groups is 1. The van der Waals surface area contributed by atoms with Gasteiger partial charge in [-0.15, -0.1) is 0 Å². The third-order valence-electron chi connectivity index (χ3n) is 6.60. The molecule has 0 saturated carbocycles. The minimum absolute atomic E-state index is 0.0548. The fraction of sp³-hybridized carbons (Fsp3) is 0.269. The van der Waals surface area contributed by atoms with Gasteiger partial charge in [0.15, 0.2) is 0 Å². The predicted octanol–water partition coefficient (Wildman–Crippen LogP) is 3.41. The number of fused-ring (bicyclic) bond motifs is 2. The average molecular weight is 474 g/mol. The molecule has 1 unspecified atom stereocenters. The molecule has 9 nitrogen and oxygen atoms in total. The highest BCUT2D eigenvalue weighted by Crippen LogP contribution is 2.43. The standard InChI is InChI=1S/C26H27N5O4/c1-4-31-20-12-19-18(11-16(20)26(2,3)25(31)35)29-23(30-19)22-17(8-9-27-24(22)34)28-13-21(33)14-6-5-7-15(32)10-14/h5-12,21,32-33H,4,13H2,1-3H3,(H,29,30)(H2,27,28,34). The smallest absolute Gasteiger partial charge is 0.261 e. The Labute approximate surface area is 201 Å². The molecule has 35 heavy (non-hydrogen) atoms. The highest BCUT2D eigenvalue weighted by molar-refractivity contribution is 6.09. The van der Waals surface area contributed by atoms with E-state index in [-0.39, 0.29) is 23.8 Å². The Bertz CT molecular complexity index is 1500. The van der Waals surface area contributed by atoms with E-state index in [1.807, 2.05) is 32.9 Å². The molecule has 1 aliphatic heterocycles. The van der Waals surface area contributed by atoms with E-state index in [2.05, 4.69) is 20.3 Å². The first-order chi connectivity index (χ1) is 16.7. The summed E-state index contributed by atoms with van der Waals surface area (Å²) in [6.45, 7) is 6.45. The molecule has 1 atom stereocenters. The molecule has 0 aliphatic carbocycles. The average Bonchev–Trinajstić information content (AvgIpc) is 3.32. The largest absolute Gasteiger partial charge is 0.508 e. The SMILES string of the molecule is CCN1C(=O)C(C)(C)c2cc3[nH]c(-c4c(NCC(O)c5cccc(O)c5)cc[nH]c4=O)nc3cc21. The Morgan fingerprint density at radius 1 is 1.17 bits per heavy atom. The second-order valence-electron chi connectivity index (χ2n) is 9.23. The zero-order valence-electron chi connectivity index (χ0n) is 19.7. The maximum atomic E-state index is 12.8. The number of aliphatic hydroxyl groups excluding tert-OH is 1. The van der Waals surface area contributed by atoms with Gasteiger partial charge in [-0.3, -0.25) is 9.59 Å². The van der Waals surface area contributed by atoms with Crippen LogP contribution in [0.25, 0.3) is 22.4 Å². The van der Waals surface area contributed by atoms with E-state index >= 15 is 0 Å². The number of aromatic amines is 2. The second kappa shape index (κ2) is 8.28. The van der Waals surface area contributed by atoms with E-state index in [9.17, 15) is 19.8 Å². The number of aliphatic hydroxyl groups is 1. The van der Waals surface area contributed by atoms with Gasteiger partial charge in [0.05, 0.1) is 33.9 Å². The minimum Gasteiger partial charge on any atom is -0.508 e. The molecule has 1 amide bonds. The molecule has 5 rings (SSSR count). The van der Waals surface area contributed by atoms with Crippen LogP contribution in [0.2, 0.25) is 0 Å². The molecule has 2 aromatic carbocycles. The highest BCUT2D eigenvalue weighted by Gasteiger charge is 2.43. The number of imidazole rings is 1. The molecule has 9 heteroatoms. The lowest BCUT2D eigenvalue weighted by Crippen LogP contribution is -2.35. The number of carbonyl (C=O) groups is 1. The van der Waals surface area contributed by atoms with Crippen LogP contribution >= 0.6 is 0 Å². The van der Waals surface area contributed by atoms with Crippen molar-refractivity contribution < 1.29 is 15.0 Å². The first kappa shape index (κ1) is 22.7. The van der Waals surface area contributed by atoms with E-state index in [0.717, 1.165) is 16.8 Å². The van der Waals surface area contributed by atoms with Gasteiger partial charge in [0.2, 0.25) is 5.91 Å². The number of aromatic nitrogens is 3. The summed E-state index contributed by atoms with van der Waals surface area (Å²) in [4.78, 5) is 38.0. The first-order valence-corrected chi connectivity index (χ1v) is 11.5. The summed E-state index contributed by atoms with van der Waals surface area (Å²) in [5, 5.41) is 23.4. The molecule has 5 N–H and O–H groups in total. The van der Waals surface area contributed by atoms with Gasteiger partial charge in [-0.05, 0) is 62.2 Å². The van der Waals surface area contributed by atoms with Crippen LogP contribution in [-0.4, -0.2) is 44.2 Å². The third-order valence-corrected chi connectivity index (χ3v) is 6.60. The Balaban J connectivity index is 1.51. The van der Waals surface area contributed by atoms with Crippen LogP contribution in [0, 0.1) is 0 Å². The third kappa shape index (κ3) is 3.74. The summed E-state index contributed by atoms with van der Waals surface area (Å²) in [6.07, 6.45) is 0.631. The predicted molar refractivity (Wildman–Crippen MR) is 135 cm³/mol.